The third kappa shape index (κ3) is 5.29. The molecule has 0 saturated carbocycles. The summed E-state index contributed by atoms with van der Waals surface area (Å²) in [5.74, 6) is -0.00551. The molecule has 35 heavy (non-hydrogen) atoms. The summed E-state index contributed by atoms with van der Waals surface area (Å²) in [6, 6.07) is 5.69. The number of nitrogens with one attached hydrogen (secondary N) is 2. The van der Waals surface area contributed by atoms with E-state index >= 15 is 0 Å². The number of anilines is 2. The SMILES string of the molecule is COc1ccc(Cl)cc1NC(=O)N1CCCN1C(=O)c1cc(OC)c(OC)c(OC)c1NC(C)=O. The van der Waals surface area contributed by atoms with E-state index in [-0.39, 0.29) is 35.0 Å². The van der Waals surface area contributed by atoms with Crippen LogP contribution < -0.4 is 29.6 Å². The summed E-state index contributed by atoms with van der Waals surface area (Å²) in [7, 11) is 5.68. The maximum atomic E-state index is 13.7. The molecule has 1 fully saturated rings. The van der Waals surface area contributed by atoms with Crippen LogP contribution in [0.4, 0.5) is 16.2 Å². The highest BCUT2D eigenvalue weighted by atomic mass is 35.5. The first-order valence-corrected chi connectivity index (χ1v) is 11.0. The molecule has 1 saturated heterocycles. The number of benzene rings is 2. The predicted octanol–water partition coefficient (Wildman–Crippen LogP) is 3.63. The summed E-state index contributed by atoms with van der Waals surface area (Å²) in [5.41, 5.74) is 0.525. The molecule has 0 aromatic heterocycles. The molecule has 4 amide bonds. The fourth-order valence-electron chi connectivity index (χ4n) is 3.76. The first kappa shape index (κ1) is 25.8. The summed E-state index contributed by atoms with van der Waals surface area (Å²) in [4.78, 5) is 38.8. The van der Waals surface area contributed by atoms with Crippen LogP contribution >= 0.6 is 11.6 Å². The van der Waals surface area contributed by atoms with E-state index in [1.54, 1.807) is 18.2 Å². The summed E-state index contributed by atoms with van der Waals surface area (Å²) >= 11 is 6.06. The van der Waals surface area contributed by atoms with Gasteiger partial charge in [0.25, 0.3) is 5.91 Å². The third-order valence-electron chi connectivity index (χ3n) is 5.26. The molecular formula is C23H27ClN4O7. The molecule has 2 N–H and O–H groups in total. The van der Waals surface area contributed by atoms with Gasteiger partial charge in [0, 0.05) is 25.0 Å². The summed E-state index contributed by atoms with van der Waals surface area (Å²) in [6.45, 7) is 1.87. The number of amides is 4. The first-order valence-electron chi connectivity index (χ1n) is 10.6. The normalized spacial score (nSPS) is 12.7. The number of hydrogen-bond acceptors (Lipinski definition) is 7. The van der Waals surface area contributed by atoms with Crippen LogP contribution in [-0.2, 0) is 4.79 Å². The maximum Gasteiger partial charge on any atom is 0.340 e. The summed E-state index contributed by atoms with van der Waals surface area (Å²) < 4.78 is 21.5. The second-order valence-corrected chi connectivity index (χ2v) is 7.87. The molecule has 12 heteroatoms. The molecule has 2 aromatic carbocycles. The zero-order valence-corrected chi connectivity index (χ0v) is 20.8. The van der Waals surface area contributed by atoms with Crippen LogP contribution in [0, 0.1) is 0 Å². The monoisotopic (exact) mass is 506 g/mol. The molecule has 1 heterocycles. The Morgan fingerprint density at radius 2 is 1.51 bits per heavy atom. The van der Waals surface area contributed by atoms with E-state index < -0.39 is 17.8 Å². The molecule has 0 unspecified atom stereocenters. The molecule has 11 nitrogen and oxygen atoms in total. The van der Waals surface area contributed by atoms with Crippen LogP contribution in [0.15, 0.2) is 24.3 Å². The minimum absolute atomic E-state index is 0.0646. The van der Waals surface area contributed by atoms with Crippen molar-refractivity contribution in [1.29, 1.82) is 0 Å². The molecule has 188 valence electrons. The van der Waals surface area contributed by atoms with Crippen LogP contribution in [0.25, 0.3) is 0 Å². The average Bonchev–Trinajstić information content (AvgIpc) is 3.33. The van der Waals surface area contributed by atoms with Gasteiger partial charge in [-0.2, -0.15) is 0 Å². The Hall–Kier alpha value is -3.86. The van der Waals surface area contributed by atoms with Crippen molar-refractivity contribution in [3.8, 4) is 23.0 Å². The zero-order valence-electron chi connectivity index (χ0n) is 20.1. The minimum atomic E-state index is -0.551. The van der Waals surface area contributed by atoms with Crippen LogP contribution in [0.1, 0.15) is 23.7 Å². The van der Waals surface area contributed by atoms with Gasteiger partial charge >= 0.3 is 6.03 Å². The van der Waals surface area contributed by atoms with Crippen molar-refractivity contribution in [2.24, 2.45) is 0 Å². The Labute approximate surface area is 207 Å². The van der Waals surface area contributed by atoms with Crippen molar-refractivity contribution in [3.05, 3.63) is 34.9 Å². The highest BCUT2D eigenvalue weighted by Crippen LogP contribution is 2.45. The number of methoxy groups -OCH3 is 4. The van der Waals surface area contributed by atoms with E-state index in [4.69, 9.17) is 30.5 Å². The van der Waals surface area contributed by atoms with Gasteiger partial charge in [-0.3, -0.25) is 9.59 Å². The van der Waals surface area contributed by atoms with E-state index in [2.05, 4.69) is 10.6 Å². The van der Waals surface area contributed by atoms with Gasteiger partial charge < -0.3 is 29.6 Å². The fourth-order valence-corrected chi connectivity index (χ4v) is 3.93. The molecule has 2 aromatic rings. The number of hydrogen-bond donors (Lipinski definition) is 2. The summed E-state index contributed by atoms with van der Waals surface area (Å²) in [6.07, 6.45) is 0.547. The third-order valence-corrected chi connectivity index (χ3v) is 5.50. The highest BCUT2D eigenvalue weighted by Gasteiger charge is 2.35. The Kier molecular flexibility index (Phi) is 8.13. The Balaban J connectivity index is 1.99. The fraction of sp³-hybridized carbons (Fsp3) is 0.348. The molecule has 0 atom stereocenters. The van der Waals surface area contributed by atoms with Crippen LogP contribution in [0.5, 0.6) is 23.0 Å². The Morgan fingerprint density at radius 3 is 2.11 bits per heavy atom. The lowest BCUT2D eigenvalue weighted by atomic mass is 10.1. The lowest BCUT2D eigenvalue weighted by Gasteiger charge is -2.29. The standard InChI is InChI=1S/C23H27ClN4O7/c1-13(29)25-19-15(12-18(33-3)20(34-4)21(19)35-5)22(30)27-9-6-10-28(27)23(31)26-16-11-14(24)7-8-17(16)32-2/h7-8,11-12H,6,9-10H2,1-5H3,(H,25,29)(H,26,31). The van der Waals surface area contributed by atoms with Crippen LogP contribution in [0.2, 0.25) is 5.02 Å². The number of carbonyl (C=O) groups is 3. The van der Waals surface area contributed by atoms with E-state index in [1.807, 2.05) is 0 Å². The maximum absolute atomic E-state index is 13.7. The number of rotatable bonds is 7. The number of nitrogens with zero attached hydrogens (tertiary/aromatic N) is 2. The first-order chi connectivity index (χ1) is 16.7. The van der Waals surface area contributed by atoms with Crippen LogP contribution in [0.3, 0.4) is 0 Å². The lowest BCUT2D eigenvalue weighted by Crippen LogP contribution is -2.47. The van der Waals surface area contributed by atoms with Crippen molar-refractivity contribution in [2.45, 2.75) is 13.3 Å². The number of carbonyl (C=O) groups excluding carboxylic acids is 3. The van der Waals surface area contributed by atoms with Crippen LogP contribution in [-0.4, -0.2) is 69.4 Å². The number of urea groups is 1. The quantitative estimate of drug-likeness (QED) is 0.588. The minimum Gasteiger partial charge on any atom is -0.495 e. The van der Waals surface area contributed by atoms with Gasteiger partial charge in [0.1, 0.15) is 11.4 Å². The lowest BCUT2D eigenvalue weighted by molar-refractivity contribution is -0.114. The van der Waals surface area contributed by atoms with Crippen molar-refractivity contribution >= 4 is 40.8 Å². The van der Waals surface area contributed by atoms with Gasteiger partial charge in [-0.15, -0.1) is 0 Å². The number of halogens is 1. The Morgan fingerprint density at radius 1 is 0.857 bits per heavy atom. The molecule has 1 aliphatic rings. The highest BCUT2D eigenvalue weighted by molar-refractivity contribution is 6.31. The topological polar surface area (TPSA) is 119 Å². The second kappa shape index (κ2) is 11.0. The van der Waals surface area contributed by atoms with Gasteiger partial charge in [-0.1, -0.05) is 11.6 Å². The molecule has 0 bridgehead atoms. The molecular weight excluding hydrogens is 480 g/mol. The number of hydrazine groups is 1. The smallest absolute Gasteiger partial charge is 0.340 e. The largest absolute Gasteiger partial charge is 0.495 e. The summed E-state index contributed by atoms with van der Waals surface area (Å²) in [5, 5.41) is 8.35. The van der Waals surface area contributed by atoms with E-state index in [0.717, 1.165) is 0 Å². The molecule has 0 radical (unpaired) electrons. The van der Waals surface area contributed by atoms with Crippen molar-refractivity contribution < 1.29 is 33.3 Å². The van der Waals surface area contributed by atoms with Gasteiger partial charge in [-0.05, 0) is 30.7 Å². The van der Waals surface area contributed by atoms with Crippen molar-refractivity contribution in [1.82, 2.24) is 10.0 Å². The molecule has 0 aliphatic carbocycles. The van der Waals surface area contributed by atoms with Crippen molar-refractivity contribution in [3.63, 3.8) is 0 Å². The van der Waals surface area contributed by atoms with E-state index in [9.17, 15) is 14.4 Å². The molecule has 0 spiro atoms. The van der Waals surface area contributed by atoms with Gasteiger partial charge in [0.15, 0.2) is 11.5 Å². The Bertz CT molecular complexity index is 1140. The van der Waals surface area contributed by atoms with Crippen molar-refractivity contribution in [2.75, 3.05) is 52.2 Å². The second-order valence-electron chi connectivity index (χ2n) is 7.43. The zero-order chi connectivity index (χ0) is 25.7. The van der Waals surface area contributed by atoms with E-state index in [0.29, 0.717) is 29.4 Å². The number of ether oxygens (including phenoxy) is 4. The van der Waals surface area contributed by atoms with E-state index in [1.165, 1.54) is 51.4 Å². The predicted molar refractivity (Wildman–Crippen MR) is 130 cm³/mol. The molecule has 1 aliphatic heterocycles. The molecule has 3 rings (SSSR count). The van der Waals surface area contributed by atoms with Gasteiger partial charge in [0.05, 0.1) is 39.7 Å². The van der Waals surface area contributed by atoms with Gasteiger partial charge in [-0.25, -0.2) is 14.8 Å². The average molecular weight is 507 g/mol. The van der Waals surface area contributed by atoms with Gasteiger partial charge in [0.2, 0.25) is 11.7 Å².